The summed E-state index contributed by atoms with van der Waals surface area (Å²) in [5, 5.41) is 10.5. The van der Waals surface area contributed by atoms with Crippen LogP contribution in [0, 0.1) is 0 Å². The molecule has 1 aliphatic rings. The first-order chi connectivity index (χ1) is 15.4. The third-order valence-corrected chi connectivity index (χ3v) is 7.18. The van der Waals surface area contributed by atoms with Gasteiger partial charge in [0.25, 0.3) is 5.56 Å². The second kappa shape index (κ2) is 8.93. The number of aliphatic imine (C=N–C) groups is 1. The van der Waals surface area contributed by atoms with Crippen molar-refractivity contribution in [3.8, 4) is 11.6 Å². The summed E-state index contributed by atoms with van der Waals surface area (Å²) >= 11 is 0. The van der Waals surface area contributed by atoms with E-state index in [-0.39, 0.29) is 10.5 Å². The van der Waals surface area contributed by atoms with E-state index in [4.69, 9.17) is 0 Å². The topological polar surface area (TPSA) is 125 Å². The maximum absolute atomic E-state index is 12.7. The molecule has 1 aromatic heterocycles. The molecule has 0 spiro atoms. The molecule has 0 unspecified atom stereocenters. The number of hydrogen-bond donors (Lipinski definition) is 2. The average Bonchev–Trinajstić information content (AvgIpc) is 2.80. The number of hydrogen-bond acceptors (Lipinski definition) is 6. The molecule has 32 heavy (non-hydrogen) atoms. The minimum atomic E-state index is -3.55. The van der Waals surface area contributed by atoms with Gasteiger partial charge in [-0.05, 0) is 49.2 Å². The predicted molar refractivity (Wildman–Crippen MR) is 121 cm³/mol. The molecule has 9 nitrogen and oxygen atoms in total. The third kappa shape index (κ3) is 4.27. The molecule has 0 saturated carbocycles. The molecular weight excluding hydrogens is 432 g/mol. The zero-order valence-electron chi connectivity index (χ0n) is 17.1. The van der Waals surface area contributed by atoms with Gasteiger partial charge < -0.3 is 5.11 Å². The van der Waals surface area contributed by atoms with E-state index in [0.717, 1.165) is 30.0 Å². The number of para-hydroxylation sites is 1. The first-order valence-electron chi connectivity index (χ1n) is 10.2. The number of nitrogens with one attached hydrogen (secondary N) is 1. The minimum absolute atomic E-state index is 0.177. The van der Waals surface area contributed by atoms with E-state index in [1.807, 2.05) is 0 Å². The predicted octanol–water partition coefficient (Wildman–Crippen LogP) is 2.16. The fraction of sp³-hybridized carbons (Fsp3) is 0.227. The molecule has 0 atom stereocenters. The van der Waals surface area contributed by atoms with Crippen LogP contribution in [0.25, 0.3) is 5.69 Å². The van der Waals surface area contributed by atoms with E-state index >= 15 is 0 Å². The molecule has 1 fully saturated rings. The van der Waals surface area contributed by atoms with Crippen molar-refractivity contribution in [3.05, 3.63) is 81.0 Å². The summed E-state index contributed by atoms with van der Waals surface area (Å²) in [5.41, 5.74) is -0.985. The van der Waals surface area contributed by atoms with Crippen LogP contribution >= 0.6 is 0 Å². The van der Waals surface area contributed by atoms with Crippen LogP contribution < -0.4 is 11.2 Å². The van der Waals surface area contributed by atoms with Gasteiger partial charge in [-0.3, -0.25) is 14.8 Å². The van der Waals surface area contributed by atoms with Crippen LogP contribution in [0.2, 0.25) is 0 Å². The summed E-state index contributed by atoms with van der Waals surface area (Å²) in [6, 6.07) is 14.3. The Hall–Kier alpha value is -3.50. The molecule has 0 amide bonds. The largest absolute Gasteiger partial charge is 0.493 e. The lowest BCUT2D eigenvalue weighted by molar-refractivity contribution is 0.346. The van der Waals surface area contributed by atoms with Crippen molar-refractivity contribution in [2.24, 2.45) is 4.99 Å². The highest BCUT2D eigenvalue weighted by Gasteiger charge is 2.25. The van der Waals surface area contributed by atoms with Gasteiger partial charge in [0.15, 0.2) is 0 Å². The molecule has 2 aromatic carbocycles. The molecule has 1 aliphatic heterocycles. The number of rotatable bonds is 5. The molecule has 3 aromatic rings. The van der Waals surface area contributed by atoms with Crippen LogP contribution in [0.15, 0.2) is 74.1 Å². The first-order valence-corrected chi connectivity index (χ1v) is 11.6. The molecule has 10 heteroatoms. The highest BCUT2D eigenvalue weighted by molar-refractivity contribution is 7.89. The lowest BCUT2D eigenvalue weighted by Crippen LogP contribution is -2.35. The summed E-state index contributed by atoms with van der Waals surface area (Å²) in [6.07, 6.45) is 3.87. The van der Waals surface area contributed by atoms with Gasteiger partial charge in [0.05, 0.1) is 16.3 Å². The molecule has 4 rings (SSSR count). The summed E-state index contributed by atoms with van der Waals surface area (Å²) in [7, 11) is -3.55. The van der Waals surface area contributed by atoms with E-state index in [2.05, 4.69) is 9.98 Å². The van der Waals surface area contributed by atoms with Crippen molar-refractivity contribution in [1.29, 1.82) is 0 Å². The number of benzene rings is 2. The van der Waals surface area contributed by atoms with Crippen molar-refractivity contribution in [2.75, 3.05) is 13.1 Å². The Morgan fingerprint density at radius 2 is 1.59 bits per heavy atom. The van der Waals surface area contributed by atoms with Gasteiger partial charge in [0.1, 0.15) is 5.56 Å². The highest BCUT2D eigenvalue weighted by atomic mass is 32.2. The van der Waals surface area contributed by atoms with Gasteiger partial charge in [-0.15, -0.1) is 0 Å². The SMILES string of the molecule is O=c1[nH]c(=O)n(-c2ccccc2)c(O)c1C=Nc1ccc(S(=O)(=O)N2CCCCC2)cc1. The zero-order valence-corrected chi connectivity index (χ0v) is 18.0. The van der Waals surface area contributed by atoms with Crippen molar-refractivity contribution in [1.82, 2.24) is 13.9 Å². The van der Waals surface area contributed by atoms with E-state index in [0.29, 0.717) is 24.5 Å². The van der Waals surface area contributed by atoms with Crippen molar-refractivity contribution < 1.29 is 13.5 Å². The Morgan fingerprint density at radius 1 is 0.938 bits per heavy atom. The molecule has 0 aliphatic carbocycles. The van der Waals surface area contributed by atoms with Crippen LogP contribution in [0.4, 0.5) is 5.69 Å². The second-order valence-electron chi connectivity index (χ2n) is 7.38. The number of piperidine rings is 1. The monoisotopic (exact) mass is 454 g/mol. The zero-order chi connectivity index (χ0) is 22.7. The number of H-pyrrole nitrogens is 1. The molecule has 0 radical (unpaired) electrons. The standard InChI is InChI=1S/C22H22N4O5S/c27-20-19(21(28)26(22(29)24-20)17-7-3-1-4-8-17)15-23-16-9-11-18(12-10-16)32(30,31)25-13-5-2-6-14-25/h1,3-4,7-12,15,28H,2,5-6,13-14H2,(H,24,27,29). The fourth-order valence-electron chi connectivity index (χ4n) is 3.57. The summed E-state index contributed by atoms with van der Waals surface area (Å²) in [6.45, 7) is 1.03. The molecule has 1 saturated heterocycles. The van der Waals surface area contributed by atoms with E-state index < -0.39 is 27.2 Å². The normalized spacial score (nSPS) is 15.2. The highest BCUT2D eigenvalue weighted by Crippen LogP contribution is 2.23. The van der Waals surface area contributed by atoms with Gasteiger partial charge >= 0.3 is 5.69 Å². The van der Waals surface area contributed by atoms with Crippen molar-refractivity contribution in [2.45, 2.75) is 24.2 Å². The van der Waals surface area contributed by atoms with Crippen LogP contribution in [-0.4, -0.2) is 46.7 Å². The van der Waals surface area contributed by atoms with Gasteiger partial charge in [-0.1, -0.05) is 24.6 Å². The molecule has 166 valence electrons. The number of aromatic hydroxyl groups is 1. The van der Waals surface area contributed by atoms with Crippen molar-refractivity contribution in [3.63, 3.8) is 0 Å². The second-order valence-corrected chi connectivity index (χ2v) is 9.32. The van der Waals surface area contributed by atoms with Crippen LogP contribution in [-0.2, 0) is 10.0 Å². The Balaban J connectivity index is 1.63. The lowest BCUT2D eigenvalue weighted by Gasteiger charge is -2.25. The Labute approximate surface area is 184 Å². The van der Waals surface area contributed by atoms with Crippen LogP contribution in [0.1, 0.15) is 24.8 Å². The quantitative estimate of drug-likeness (QED) is 0.572. The van der Waals surface area contributed by atoms with E-state index in [1.54, 1.807) is 30.3 Å². The Kier molecular flexibility index (Phi) is 6.06. The van der Waals surface area contributed by atoms with Gasteiger partial charge in [-0.2, -0.15) is 4.31 Å². The van der Waals surface area contributed by atoms with Crippen LogP contribution in [0.5, 0.6) is 5.88 Å². The van der Waals surface area contributed by atoms with Gasteiger partial charge in [-0.25, -0.2) is 17.8 Å². The molecular formula is C22H22N4O5S. The molecule has 2 N–H and O–H groups in total. The van der Waals surface area contributed by atoms with E-state index in [1.165, 1.54) is 28.6 Å². The maximum Gasteiger partial charge on any atom is 0.335 e. The summed E-state index contributed by atoms with van der Waals surface area (Å²) in [4.78, 5) is 30.9. The Bertz CT molecular complexity index is 1350. The number of sulfonamides is 1. The maximum atomic E-state index is 12.7. The molecule has 2 heterocycles. The van der Waals surface area contributed by atoms with E-state index in [9.17, 15) is 23.1 Å². The number of nitrogens with zero attached hydrogens (tertiary/aromatic N) is 3. The van der Waals surface area contributed by atoms with Crippen LogP contribution in [0.3, 0.4) is 0 Å². The molecule has 0 bridgehead atoms. The Morgan fingerprint density at radius 3 is 2.25 bits per heavy atom. The number of aromatic nitrogens is 2. The number of aromatic amines is 1. The first kappa shape index (κ1) is 21.7. The smallest absolute Gasteiger partial charge is 0.335 e. The average molecular weight is 455 g/mol. The minimum Gasteiger partial charge on any atom is -0.493 e. The summed E-state index contributed by atoms with van der Waals surface area (Å²) in [5.74, 6) is -0.544. The third-order valence-electron chi connectivity index (χ3n) is 5.27. The van der Waals surface area contributed by atoms with Crippen molar-refractivity contribution >= 4 is 21.9 Å². The fourth-order valence-corrected chi connectivity index (χ4v) is 5.09. The van der Waals surface area contributed by atoms with Gasteiger partial charge in [0, 0.05) is 19.3 Å². The lowest BCUT2D eigenvalue weighted by atomic mass is 10.2. The van der Waals surface area contributed by atoms with Gasteiger partial charge in [0.2, 0.25) is 15.9 Å². The summed E-state index contributed by atoms with van der Waals surface area (Å²) < 4.78 is 28.0.